The second kappa shape index (κ2) is 7.85. The van der Waals surface area contributed by atoms with Gasteiger partial charge in [0.2, 0.25) is 0 Å². The number of benzene rings is 1. The van der Waals surface area contributed by atoms with Crippen LogP contribution in [0, 0.1) is 0 Å². The van der Waals surface area contributed by atoms with E-state index in [1.807, 2.05) is 0 Å². The van der Waals surface area contributed by atoms with Crippen LogP contribution in [0.15, 0.2) is 24.3 Å². The first-order chi connectivity index (χ1) is 9.93. The molecule has 2 amide bonds. The maximum Gasteiger partial charge on any atom is 0.326 e. The molecule has 0 aliphatic carbocycles. The third-order valence-electron chi connectivity index (χ3n) is 2.52. The summed E-state index contributed by atoms with van der Waals surface area (Å²) >= 11 is 0. The van der Waals surface area contributed by atoms with Gasteiger partial charge in [0.15, 0.2) is 6.61 Å². The predicted molar refractivity (Wildman–Crippen MR) is 71.7 cm³/mol. The molecule has 0 aliphatic heterocycles. The first-order valence-corrected chi connectivity index (χ1v) is 6.09. The lowest BCUT2D eigenvalue weighted by Gasteiger charge is -2.13. The van der Waals surface area contributed by atoms with E-state index in [0.29, 0.717) is 5.75 Å². The summed E-state index contributed by atoms with van der Waals surface area (Å²) in [5.74, 6) is -2.07. The van der Waals surface area contributed by atoms with Crippen LogP contribution in [-0.2, 0) is 9.59 Å². The summed E-state index contributed by atoms with van der Waals surface area (Å²) in [4.78, 5) is 33.3. The number of aliphatic hydroxyl groups excluding tert-OH is 1. The van der Waals surface area contributed by atoms with Crippen LogP contribution in [-0.4, -0.2) is 47.3 Å². The summed E-state index contributed by atoms with van der Waals surface area (Å²) in [7, 11) is 0. The van der Waals surface area contributed by atoms with E-state index in [-0.39, 0.29) is 25.2 Å². The average molecular weight is 296 g/mol. The van der Waals surface area contributed by atoms with Gasteiger partial charge in [-0.15, -0.1) is 0 Å². The summed E-state index contributed by atoms with van der Waals surface area (Å²) in [6, 6.07) is 4.60. The summed E-state index contributed by atoms with van der Waals surface area (Å²) in [5.41, 5.74) is 5.15. The third kappa shape index (κ3) is 5.49. The molecule has 1 aromatic carbocycles. The number of carbonyl (C=O) groups excluding carboxylic acids is 2. The predicted octanol–water partition coefficient (Wildman–Crippen LogP) is -0.884. The number of aliphatic hydroxyl groups is 1. The lowest BCUT2D eigenvalue weighted by molar-refractivity contribution is -0.139. The van der Waals surface area contributed by atoms with Gasteiger partial charge in [0, 0.05) is 18.6 Å². The van der Waals surface area contributed by atoms with E-state index in [0.717, 1.165) is 0 Å². The Morgan fingerprint density at radius 2 is 1.86 bits per heavy atom. The van der Waals surface area contributed by atoms with E-state index >= 15 is 0 Å². The molecule has 0 saturated heterocycles. The summed E-state index contributed by atoms with van der Waals surface area (Å²) in [6.45, 7) is -0.625. The third-order valence-corrected chi connectivity index (χ3v) is 2.52. The Labute approximate surface area is 120 Å². The summed E-state index contributed by atoms with van der Waals surface area (Å²) in [5, 5.41) is 19.9. The average Bonchev–Trinajstić information content (AvgIpc) is 2.45. The van der Waals surface area contributed by atoms with Crippen molar-refractivity contribution in [2.45, 2.75) is 12.5 Å². The van der Waals surface area contributed by atoms with Crippen LogP contribution in [0.1, 0.15) is 16.8 Å². The van der Waals surface area contributed by atoms with Gasteiger partial charge < -0.3 is 26.0 Å². The number of nitrogens with one attached hydrogen (secondary N) is 1. The van der Waals surface area contributed by atoms with Crippen molar-refractivity contribution >= 4 is 17.8 Å². The molecule has 0 unspecified atom stereocenters. The molecule has 0 bridgehead atoms. The van der Waals surface area contributed by atoms with Crippen molar-refractivity contribution in [1.82, 2.24) is 5.32 Å². The number of carbonyl (C=O) groups is 3. The number of rotatable bonds is 8. The number of primary amides is 1. The number of carboxylic acid groups (broad SMARTS) is 1. The second-order valence-electron chi connectivity index (χ2n) is 4.16. The van der Waals surface area contributed by atoms with Crippen LogP contribution in [0.25, 0.3) is 0 Å². The highest BCUT2D eigenvalue weighted by atomic mass is 16.5. The molecule has 0 aromatic heterocycles. The van der Waals surface area contributed by atoms with Crippen LogP contribution in [0.2, 0.25) is 0 Å². The van der Waals surface area contributed by atoms with Crippen molar-refractivity contribution in [3.63, 3.8) is 0 Å². The zero-order valence-electron chi connectivity index (χ0n) is 11.1. The van der Waals surface area contributed by atoms with E-state index in [2.05, 4.69) is 5.32 Å². The highest BCUT2D eigenvalue weighted by molar-refractivity contribution is 5.96. The molecule has 1 atom stereocenters. The van der Waals surface area contributed by atoms with Crippen LogP contribution in [0.3, 0.4) is 0 Å². The first kappa shape index (κ1) is 16.4. The summed E-state index contributed by atoms with van der Waals surface area (Å²) in [6.07, 6.45) is -0.0825. The Morgan fingerprint density at radius 1 is 1.24 bits per heavy atom. The van der Waals surface area contributed by atoms with Gasteiger partial charge in [-0.1, -0.05) is 0 Å². The van der Waals surface area contributed by atoms with Gasteiger partial charge in [-0.05, 0) is 24.3 Å². The SMILES string of the molecule is NC(=O)COc1ccc(C(=O)N[C@H](CCO)C(=O)O)cc1. The fourth-order valence-electron chi connectivity index (χ4n) is 1.49. The highest BCUT2D eigenvalue weighted by Crippen LogP contribution is 2.12. The van der Waals surface area contributed by atoms with Crippen LogP contribution >= 0.6 is 0 Å². The number of carboxylic acids is 1. The molecule has 0 radical (unpaired) electrons. The fourth-order valence-corrected chi connectivity index (χ4v) is 1.49. The number of aliphatic carboxylic acids is 1. The Morgan fingerprint density at radius 3 is 2.33 bits per heavy atom. The van der Waals surface area contributed by atoms with Gasteiger partial charge >= 0.3 is 5.97 Å². The lowest BCUT2D eigenvalue weighted by Crippen LogP contribution is -2.41. The molecule has 0 heterocycles. The van der Waals surface area contributed by atoms with E-state index in [9.17, 15) is 14.4 Å². The number of ether oxygens (including phenoxy) is 1. The maximum atomic E-state index is 11.8. The second-order valence-corrected chi connectivity index (χ2v) is 4.16. The molecule has 8 nitrogen and oxygen atoms in total. The molecule has 1 rings (SSSR count). The van der Waals surface area contributed by atoms with Crippen LogP contribution in [0.4, 0.5) is 0 Å². The summed E-state index contributed by atoms with van der Waals surface area (Å²) < 4.78 is 5.03. The molecule has 0 fully saturated rings. The highest BCUT2D eigenvalue weighted by Gasteiger charge is 2.19. The quantitative estimate of drug-likeness (QED) is 0.491. The van der Waals surface area contributed by atoms with Gasteiger partial charge in [-0.3, -0.25) is 9.59 Å². The minimum Gasteiger partial charge on any atom is -0.484 e. The van der Waals surface area contributed by atoms with Crippen molar-refractivity contribution in [3.05, 3.63) is 29.8 Å². The number of hydrogen-bond acceptors (Lipinski definition) is 5. The Hall–Kier alpha value is -2.61. The number of amides is 2. The molecule has 1 aromatic rings. The zero-order chi connectivity index (χ0) is 15.8. The zero-order valence-corrected chi connectivity index (χ0v) is 11.1. The van der Waals surface area contributed by atoms with Crippen LogP contribution < -0.4 is 15.8 Å². The molecular formula is C13H16N2O6. The number of nitrogens with two attached hydrogens (primary N) is 1. The van der Waals surface area contributed by atoms with Crippen molar-refractivity contribution in [2.24, 2.45) is 5.73 Å². The van der Waals surface area contributed by atoms with Crippen molar-refractivity contribution in [2.75, 3.05) is 13.2 Å². The minimum absolute atomic E-state index is 0.0825. The van der Waals surface area contributed by atoms with E-state index in [1.165, 1.54) is 24.3 Å². The topological polar surface area (TPSA) is 139 Å². The Balaban J connectivity index is 2.65. The molecule has 114 valence electrons. The minimum atomic E-state index is -1.22. The monoisotopic (exact) mass is 296 g/mol. The molecule has 8 heteroatoms. The Bertz CT molecular complexity index is 514. The first-order valence-electron chi connectivity index (χ1n) is 6.09. The van der Waals surface area contributed by atoms with Crippen molar-refractivity contribution < 1.29 is 29.3 Å². The van der Waals surface area contributed by atoms with E-state index < -0.39 is 23.8 Å². The molecule has 0 saturated carbocycles. The van der Waals surface area contributed by atoms with Crippen molar-refractivity contribution in [3.8, 4) is 5.75 Å². The maximum absolute atomic E-state index is 11.8. The smallest absolute Gasteiger partial charge is 0.326 e. The Kier molecular flexibility index (Phi) is 6.15. The van der Waals surface area contributed by atoms with E-state index in [1.54, 1.807) is 0 Å². The van der Waals surface area contributed by atoms with Gasteiger partial charge in [-0.2, -0.15) is 0 Å². The molecule has 0 spiro atoms. The molecule has 21 heavy (non-hydrogen) atoms. The van der Waals surface area contributed by atoms with Gasteiger partial charge in [-0.25, -0.2) is 4.79 Å². The van der Waals surface area contributed by atoms with E-state index in [4.69, 9.17) is 20.7 Å². The fraction of sp³-hybridized carbons (Fsp3) is 0.308. The normalized spacial score (nSPS) is 11.5. The molecule has 5 N–H and O–H groups in total. The van der Waals surface area contributed by atoms with Gasteiger partial charge in [0.1, 0.15) is 11.8 Å². The van der Waals surface area contributed by atoms with Crippen LogP contribution in [0.5, 0.6) is 5.75 Å². The lowest BCUT2D eigenvalue weighted by atomic mass is 10.1. The van der Waals surface area contributed by atoms with Gasteiger partial charge in [0.25, 0.3) is 11.8 Å². The molecule has 0 aliphatic rings. The van der Waals surface area contributed by atoms with Crippen molar-refractivity contribution in [1.29, 1.82) is 0 Å². The standard InChI is InChI=1S/C13H16N2O6/c14-11(17)7-21-9-3-1-8(2-4-9)12(18)15-10(5-6-16)13(19)20/h1-4,10,16H,5-7H2,(H2,14,17)(H,15,18)(H,19,20)/t10-/m1/s1. The molecular weight excluding hydrogens is 280 g/mol. The number of hydrogen-bond donors (Lipinski definition) is 4. The largest absolute Gasteiger partial charge is 0.484 e. The van der Waals surface area contributed by atoms with Gasteiger partial charge in [0.05, 0.1) is 0 Å².